The molecule has 0 saturated heterocycles. The lowest BCUT2D eigenvalue weighted by molar-refractivity contribution is 1.11. The summed E-state index contributed by atoms with van der Waals surface area (Å²) in [6, 6.07) is 55.6. The van der Waals surface area contributed by atoms with E-state index in [9.17, 15) is 0 Å². The average molecular weight is 604 g/mol. The van der Waals surface area contributed by atoms with Crippen LogP contribution in [0.2, 0.25) is 0 Å². The summed E-state index contributed by atoms with van der Waals surface area (Å²) < 4.78 is 7.57. The van der Waals surface area contributed by atoms with Gasteiger partial charge in [0, 0.05) is 53.1 Å². The normalized spacial score (nSPS) is 12.7. The number of thiophene rings is 1. The molecular formula is C42H25N3S. The van der Waals surface area contributed by atoms with E-state index in [0.29, 0.717) is 0 Å². The molecule has 4 heterocycles. The van der Waals surface area contributed by atoms with Crippen LogP contribution in [-0.4, -0.2) is 9.13 Å². The number of benzene rings is 7. The first-order valence-corrected chi connectivity index (χ1v) is 16.5. The summed E-state index contributed by atoms with van der Waals surface area (Å²) in [5.41, 5.74) is 10.9. The summed E-state index contributed by atoms with van der Waals surface area (Å²) in [7, 11) is 0. The van der Waals surface area contributed by atoms with Crippen molar-refractivity contribution in [2.24, 2.45) is 0 Å². The van der Waals surface area contributed by atoms with Crippen molar-refractivity contribution in [3.05, 3.63) is 152 Å². The molecular weight excluding hydrogens is 579 g/mol. The van der Waals surface area contributed by atoms with Crippen LogP contribution >= 0.6 is 11.3 Å². The number of hydrogen-bond acceptors (Lipinski definition) is 2. The zero-order chi connectivity index (χ0) is 29.9. The van der Waals surface area contributed by atoms with E-state index in [2.05, 4.69) is 166 Å². The molecule has 0 unspecified atom stereocenters. The van der Waals surface area contributed by atoms with Gasteiger partial charge in [-0.1, -0.05) is 84.9 Å². The van der Waals surface area contributed by atoms with Gasteiger partial charge in [0.05, 0.1) is 39.1 Å². The number of nitrogens with zero attached hydrogens (tertiary/aromatic N) is 3. The van der Waals surface area contributed by atoms with E-state index >= 15 is 0 Å². The second-order valence-corrected chi connectivity index (χ2v) is 13.2. The Morgan fingerprint density at radius 3 is 1.72 bits per heavy atom. The summed E-state index contributed by atoms with van der Waals surface area (Å²) in [5.74, 6) is 0. The molecule has 0 bridgehead atoms. The molecule has 0 radical (unpaired) electrons. The van der Waals surface area contributed by atoms with Gasteiger partial charge in [0.2, 0.25) is 0 Å². The summed E-state index contributed by atoms with van der Waals surface area (Å²) >= 11 is 1.88. The smallest absolute Gasteiger partial charge is 0.0783 e. The molecule has 0 fully saturated rings. The van der Waals surface area contributed by atoms with Crippen molar-refractivity contribution in [1.82, 2.24) is 9.13 Å². The largest absolute Gasteiger partial charge is 0.309 e. The molecule has 4 heteroatoms. The van der Waals surface area contributed by atoms with Crippen molar-refractivity contribution >= 4 is 92.2 Å². The Labute approximate surface area is 268 Å². The van der Waals surface area contributed by atoms with Gasteiger partial charge in [0.25, 0.3) is 0 Å². The van der Waals surface area contributed by atoms with Crippen LogP contribution in [0.3, 0.4) is 0 Å². The van der Waals surface area contributed by atoms with E-state index < -0.39 is 0 Å². The minimum atomic E-state index is 1.15. The van der Waals surface area contributed by atoms with Crippen molar-refractivity contribution in [3.63, 3.8) is 0 Å². The number of anilines is 3. The van der Waals surface area contributed by atoms with E-state index in [1.807, 2.05) is 11.3 Å². The van der Waals surface area contributed by atoms with E-state index in [1.165, 1.54) is 80.8 Å². The highest BCUT2D eigenvalue weighted by Crippen LogP contribution is 2.52. The summed E-state index contributed by atoms with van der Waals surface area (Å²) in [6.45, 7) is 0. The second-order valence-electron chi connectivity index (χ2n) is 12.2. The molecule has 0 aliphatic carbocycles. The van der Waals surface area contributed by atoms with Crippen molar-refractivity contribution in [2.75, 3.05) is 4.90 Å². The maximum atomic E-state index is 2.53. The maximum absolute atomic E-state index is 2.53. The second kappa shape index (κ2) is 8.87. The van der Waals surface area contributed by atoms with Crippen molar-refractivity contribution < 1.29 is 0 Å². The zero-order valence-corrected chi connectivity index (χ0v) is 25.5. The van der Waals surface area contributed by atoms with Crippen molar-refractivity contribution in [3.8, 4) is 11.4 Å². The number of rotatable bonds is 2. The van der Waals surface area contributed by atoms with Crippen LogP contribution in [0.5, 0.6) is 0 Å². The van der Waals surface area contributed by atoms with Crippen LogP contribution in [0, 0.1) is 0 Å². The minimum Gasteiger partial charge on any atom is -0.309 e. The lowest BCUT2D eigenvalue weighted by Gasteiger charge is -2.33. The Bertz CT molecular complexity index is 2810. The van der Waals surface area contributed by atoms with Crippen LogP contribution in [0.1, 0.15) is 0 Å². The molecule has 0 spiro atoms. The summed E-state index contributed by atoms with van der Waals surface area (Å²) in [5, 5.41) is 7.81. The molecule has 3 nitrogen and oxygen atoms in total. The van der Waals surface area contributed by atoms with Gasteiger partial charge in [-0.25, -0.2) is 0 Å². The predicted octanol–water partition coefficient (Wildman–Crippen LogP) is 12.0. The Hall–Kier alpha value is -5.84. The molecule has 1 aliphatic rings. The molecule has 1 aliphatic heterocycles. The Balaban J connectivity index is 1.17. The standard InChI is InChI=1S/C42H25N3S/c1-4-14-33-28(10-1)29-11-2-5-15-34(29)43(33)26-20-22-27(23-21-26)44-35-16-6-7-17-36(35)45-41-30(13-9-18-37(41)44)31-24-25-39-40(42(31)45)32-12-3-8-19-38(32)46-39/h1-25H. The minimum absolute atomic E-state index is 1.15. The van der Waals surface area contributed by atoms with E-state index in [-0.39, 0.29) is 0 Å². The number of para-hydroxylation sites is 5. The highest BCUT2D eigenvalue weighted by molar-refractivity contribution is 7.26. The number of fused-ring (bicyclic) bond motifs is 12. The predicted molar refractivity (Wildman–Crippen MR) is 196 cm³/mol. The van der Waals surface area contributed by atoms with Gasteiger partial charge in [-0.2, -0.15) is 0 Å². The van der Waals surface area contributed by atoms with Gasteiger partial charge in [-0.3, -0.25) is 0 Å². The molecule has 0 amide bonds. The van der Waals surface area contributed by atoms with Gasteiger partial charge < -0.3 is 14.0 Å². The van der Waals surface area contributed by atoms with Crippen molar-refractivity contribution in [2.45, 2.75) is 0 Å². The monoisotopic (exact) mass is 603 g/mol. The molecule has 46 heavy (non-hydrogen) atoms. The van der Waals surface area contributed by atoms with E-state index in [0.717, 1.165) is 11.4 Å². The molecule has 7 aromatic carbocycles. The average Bonchev–Trinajstić information content (AvgIpc) is 3.77. The lowest BCUT2D eigenvalue weighted by Crippen LogP contribution is -2.18. The molecule has 10 aromatic rings. The molecule has 11 rings (SSSR count). The molecule has 214 valence electrons. The lowest BCUT2D eigenvalue weighted by atomic mass is 10.1. The van der Waals surface area contributed by atoms with Gasteiger partial charge >= 0.3 is 0 Å². The van der Waals surface area contributed by atoms with Crippen LogP contribution in [0.25, 0.3) is 75.2 Å². The van der Waals surface area contributed by atoms with Crippen LogP contribution in [0.4, 0.5) is 17.1 Å². The highest BCUT2D eigenvalue weighted by Gasteiger charge is 2.29. The highest BCUT2D eigenvalue weighted by atomic mass is 32.1. The quantitative estimate of drug-likeness (QED) is 0.192. The molecule has 0 N–H and O–H groups in total. The van der Waals surface area contributed by atoms with E-state index in [4.69, 9.17) is 0 Å². The number of hydrogen-bond donors (Lipinski definition) is 0. The van der Waals surface area contributed by atoms with Crippen molar-refractivity contribution in [1.29, 1.82) is 0 Å². The molecule has 0 atom stereocenters. The van der Waals surface area contributed by atoms with Crippen LogP contribution in [0.15, 0.2) is 152 Å². The molecule has 0 saturated carbocycles. The topological polar surface area (TPSA) is 13.1 Å². The fraction of sp³-hybridized carbons (Fsp3) is 0. The maximum Gasteiger partial charge on any atom is 0.0783 e. The summed E-state index contributed by atoms with van der Waals surface area (Å²) in [6.07, 6.45) is 0. The fourth-order valence-corrected chi connectivity index (χ4v) is 9.08. The first-order chi connectivity index (χ1) is 22.8. The first-order valence-electron chi connectivity index (χ1n) is 15.7. The third-order valence-corrected chi connectivity index (χ3v) is 11.0. The fourth-order valence-electron chi connectivity index (χ4n) is 7.97. The van der Waals surface area contributed by atoms with Gasteiger partial charge in [-0.05, 0) is 66.7 Å². The van der Waals surface area contributed by atoms with Gasteiger partial charge in [-0.15, -0.1) is 11.3 Å². The Kier molecular flexibility index (Phi) is 4.72. The zero-order valence-electron chi connectivity index (χ0n) is 24.7. The Morgan fingerprint density at radius 2 is 0.935 bits per heavy atom. The van der Waals surface area contributed by atoms with Crippen LogP contribution in [-0.2, 0) is 0 Å². The first kappa shape index (κ1) is 24.5. The number of aromatic nitrogens is 2. The Morgan fingerprint density at radius 1 is 0.348 bits per heavy atom. The van der Waals surface area contributed by atoms with Gasteiger partial charge in [0.1, 0.15) is 0 Å². The van der Waals surface area contributed by atoms with Crippen LogP contribution < -0.4 is 4.90 Å². The summed E-state index contributed by atoms with van der Waals surface area (Å²) in [4.78, 5) is 2.44. The van der Waals surface area contributed by atoms with E-state index in [1.54, 1.807) is 0 Å². The third kappa shape index (κ3) is 3.06. The SMILES string of the molecule is c1ccc2c(c1)N(c1ccc(-n3c4ccccc4c4ccccc43)cc1)c1cccc3c4ccc5sc6ccccc6c5c4n-2c13. The van der Waals surface area contributed by atoms with Gasteiger partial charge in [0.15, 0.2) is 0 Å². The third-order valence-electron chi connectivity index (χ3n) is 9.82. The molecule has 3 aromatic heterocycles.